The number of hydrogen-bond donors (Lipinski definition) is 2. The molecule has 6 rings (SSSR count). The second kappa shape index (κ2) is 9.88. The summed E-state index contributed by atoms with van der Waals surface area (Å²) in [7, 11) is 2.17. The summed E-state index contributed by atoms with van der Waals surface area (Å²) in [5.41, 5.74) is 3.72. The molecule has 0 spiro atoms. The molecule has 2 saturated heterocycles. The maximum Gasteiger partial charge on any atom is 0.264 e. The molecule has 2 aliphatic rings. The minimum absolute atomic E-state index is 0.0488. The Labute approximate surface area is 213 Å². The maximum atomic E-state index is 12.9. The fraction of sp³-hybridized carbons (Fsp3) is 0.346. The first-order valence-corrected chi connectivity index (χ1v) is 13.1. The highest BCUT2D eigenvalue weighted by Crippen LogP contribution is 2.33. The van der Waals surface area contributed by atoms with Gasteiger partial charge in [0.2, 0.25) is 5.95 Å². The van der Waals surface area contributed by atoms with E-state index in [1.807, 2.05) is 29.3 Å². The van der Waals surface area contributed by atoms with Crippen LogP contribution in [0.25, 0.3) is 21.6 Å². The molecule has 36 heavy (non-hydrogen) atoms. The molecule has 0 aliphatic carbocycles. The molecule has 1 aromatic carbocycles. The molecule has 4 aromatic rings. The van der Waals surface area contributed by atoms with Gasteiger partial charge in [-0.05, 0) is 49.5 Å². The maximum absolute atomic E-state index is 12.9. The van der Waals surface area contributed by atoms with Crippen molar-refractivity contribution in [2.24, 2.45) is 0 Å². The van der Waals surface area contributed by atoms with E-state index in [4.69, 9.17) is 9.72 Å². The number of carbonyl (C=O) groups excluding carboxylic acids is 1. The van der Waals surface area contributed by atoms with Crippen LogP contribution in [0.5, 0.6) is 0 Å². The van der Waals surface area contributed by atoms with Crippen molar-refractivity contribution in [3.05, 3.63) is 53.5 Å². The SMILES string of the molecule is CN1CCN(c2ccc(Nc3nc(-c4ccc(C(=O)N5CCOCC5)s4)c4cc[nH]c4n3)cc2)CC1. The third-order valence-electron chi connectivity index (χ3n) is 6.76. The first-order valence-electron chi connectivity index (χ1n) is 12.3. The lowest BCUT2D eigenvalue weighted by Crippen LogP contribution is -2.44. The summed E-state index contributed by atoms with van der Waals surface area (Å²) in [4.78, 5) is 33.9. The summed E-state index contributed by atoms with van der Waals surface area (Å²) in [5.74, 6) is 0.564. The van der Waals surface area contributed by atoms with Crippen molar-refractivity contribution in [1.29, 1.82) is 0 Å². The van der Waals surface area contributed by atoms with Crippen LogP contribution in [-0.2, 0) is 4.74 Å². The van der Waals surface area contributed by atoms with Crippen LogP contribution < -0.4 is 10.2 Å². The number of likely N-dealkylation sites (N-methyl/N-ethyl adjacent to an activating group) is 1. The minimum Gasteiger partial charge on any atom is -0.378 e. The molecular weight excluding hydrogens is 474 g/mol. The standard InChI is InChI=1S/C26H29N7O2S/c1-31-10-12-32(13-11-31)19-4-2-18(3-5-19)28-26-29-23(20-8-9-27-24(20)30-26)21-6-7-22(36-21)25(34)33-14-16-35-17-15-33/h2-9H,10-17H2,1H3,(H2,27,28,29,30). The van der Waals surface area contributed by atoms with Gasteiger partial charge in [-0.3, -0.25) is 4.79 Å². The van der Waals surface area contributed by atoms with Crippen molar-refractivity contribution in [2.75, 3.05) is 69.7 Å². The Morgan fingerprint density at radius 2 is 1.75 bits per heavy atom. The van der Waals surface area contributed by atoms with Crippen LogP contribution in [0.4, 0.5) is 17.3 Å². The Bertz CT molecular complexity index is 1350. The summed E-state index contributed by atoms with van der Waals surface area (Å²) in [6.07, 6.45) is 1.87. The Balaban J connectivity index is 1.23. The average molecular weight is 504 g/mol. The summed E-state index contributed by atoms with van der Waals surface area (Å²) in [5, 5.41) is 4.29. The molecule has 10 heteroatoms. The second-order valence-electron chi connectivity index (χ2n) is 9.17. The summed E-state index contributed by atoms with van der Waals surface area (Å²) in [6, 6.07) is 14.3. The predicted molar refractivity (Wildman–Crippen MR) is 143 cm³/mol. The lowest BCUT2D eigenvalue weighted by Gasteiger charge is -2.34. The number of aromatic nitrogens is 3. The van der Waals surface area contributed by atoms with E-state index < -0.39 is 0 Å². The quantitative estimate of drug-likeness (QED) is 0.430. The highest BCUT2D eigenvalue weighted by atomic mass is 32.1. The summed E-state index contributed by atoms with van der Waals surface area (Å²) >= 11 is 1.47. The topological polar surface area (TPSA) is 89.6 Å². The molecule has 2 fully saturated rings. The van der Waals surface area contributed by atoms with E-state index in [0.717, 1.165) is 53.5 Å². The predicted octanol–water partition coefficient (Wildman–Crippen LogP) is 3.65. The first-order chi connectivity index (χ1) is 17.6. The van der Waals surface area contributed by atoms with Crippen LogP contribution in [0.15, 0.2) is 48.7 Å². The molecule has 0 radical (unpaired) electrons. The second-order valence-corrected chi connectivity index (χ2v) is 10.3. The average Bonchev–Trinajstić information content (AvgIpc) is 3.60. The van der Waals surface area contributed by atoms with Crippen LogP contribution in [-0.4, -0.2) is 90.2 Å². The van der Waals surface area contributed by atoms with Crippen molar-refractivity contribution in [1.82, 2.24) is 24.8 Å². The number of hydrogen-bond acceptors (Lipinski definition) is 8. The van der Waals surface area contributed by atoms with Crippen LogP contribution >= 0.6 is 11.3 Å². The van der Waals surface area contributed by atoms with Crippen LogP contribution in [0.1, 0.15) is 9.67 Å². The number of amides is 1. The number of H-pyrrole nitrogens is 1. The molecule has 5 heterocycles. The van der Waals surface area contributed by atoms with Crippen molar-refractivity contribution >= 4 is 45.6 Å². The van der Waals surface area contributed by atoms with Crippen molar-refractivity contribution in [3.8, 4) is 10.6 Å². The van der Waals surface area contributed by atoms with Crippen LogP contribution in [0.3, 0.4) is 0 Å². The molecule has 3 aromatic heterocycles. The summed E-state index contributed by atoms with van der Waals surface area (Å²) in [6.45, 7) is 6.67. The number of piperazine rings is 1. The molecule has 9 nitrogen and oxygen atoms in total. The van der Waals surface area contributed by atoms with Crippen LogP contribution in [0.2, 0.25) is 0 Å². The Morgan fingerprint density at radius 3 is 2.53 bits per heavy atom. The van der Waals surface area contributed by atoms with Gasteiger partial charge in [0.25, 0.3) is 5.91 Å². The molecular formula is C26H29N7O2S. The third-order valence-corrected chi connectivity index (χ3v) is 7.84. The zero-order chi connectivity index (χ0) is 24.5. The number of nitrogens with one attached hydrogen (secondary N) is 2. The molecule has 0 unspecified atom stereocenters. The number of nitrogens with zero attached hydrogens (tertiary/aromatic N) is 5. The third kappa shape index (κ3) is 4.67. The normalized spacial score (nSPS) is 17.0. The minimum atomic E-state index is 0.0488. The molecule has 0 saturated carbocycles. The zero-order valence-corrected chi connectivity index (χ0v) is 21.1. The van der Waals surface area contributed by atoms with Crippen molar-refractivity contribution in [3.63, 3.8) is 0 Å². The molecule has 186 valence electrons. The monoisotopic (exact) mass is 503 g/mol. The van der Waals surface area contributed by atoms with Crippen LogP contribution in [0, 0.1) is 0 Å². The number of fused-ring (bicyclic) bond motifs is 1. The van der Waals surface area contributed by atoms with Crippen molar-refractivity contribution in [2.45, 2.75) is 0 Å². The Kier molecular flexibility index (Phi) is 6.30. The van der Waals surface area contributed by atoms with Gasteiger partial charge in [-0.1, -0.05) is 0 Å². The molecule has 1 amide bonds. The van der Waals surface area contributed by atoms with Gasteiger partial charge in [-0.2, -0.15) is 4.98 Å². The van der Waals surface area contributed by atoms with E-state index in [1.54, 1.807) is 0 Å². The largest absolute Gasteiger partial charge is 0.378 e. The number of morpholine rings is 1. The lowest BCUT2D eigenvalue weighted by atomic mass is 10.2. The lowest BCUT2D eigenvalue weighted by molar-refractivity contribution is 0.0306. The zero-order valence-electron chi connectivity index (χ0n) is 20.2. The fourth-order valence-electron chi connectivity index (χ4n) is 4.64. The number of thiophene rings is 1. The number of carbonyl (C=O) groups is 1. The molecule has 0 atom stereocenters. The molecule has 2 aliphatic heterocycles. The summed E-state index contributed by atoms with van der Waals surface area (Å²) < 4.78 is 5.38. The number of rotatable bonds is 5. The van der Waals surface area contributed by atoms with E-state index in [9.17, 15) is 4.79 Å². The fourth-order valence-corrected chi connectivity index (χ4v) is 5.61. The van der Waals surface area contributed by atoms with Gasteiger partial charge in [-0.25, -0.2) is 4.98 Å². The van der Waals surface area contributed by atoms with E-state index >= 15 is 0 Å². The van der Waals surface area contributed by atoms with E-state index in [1.165, 1.54) is 17.0 Å². The molecule has 0 bridgehead atoms. The van der Waals surface area contributed by atoms with Gasteiger partial charge >= 0.3 is 0 Å². The first kappa shape index (κ1) is 23.0. The van der Waals surface area contributed by atoms with Gasteiger partial charge < -0.3 is 29.7 Å². The number of anilines is 3. The van der Waals surface area contributed by atoms with Gasteiger partial charge in [0.1, 0.15) is 5.65 Å². The molecule has 2 N–H and O–H groups in total. The highest BCUT2D eigenvalue weighted by Gasteiger charge is 2.22. The van der Waals surface area contributed by atoms with E-state index in [2.05, 4.69) is 56.4 Å². The number of ether oxygens (including phenoxy) is 1. The van der Waals surface area contributed by atoms with Gasteiger partial charge in [-0.15, -0.1) is 11.3 Å². The van der Waals surface area contributed by atoms with E-state index in [0.29, 0.717) is 37.1 Å². The van der Waals surface area contributed by atoms with Crippen molar-refractivity contribution < 1.29 is 9.53 Å². The van der Waals surface area contributed by atoms with Gasteiger partial charge in [0.05, 0.1) is 28.7 Å². The highest BCUT2D eigenvalue weighted by molar-refractivity contribution is 7.17. The number of aromatic amines is 1. The Morgan fingerprint density at radius 1 is 0.972 bits per heavy atom. The van der Waals surface area contributed by atoms with E-state index in [-0.39, 0.29) is 5.91 Å². The smallest absolute Gasteiger partial charge is 0.264 e. The number of benzene rings is 1. The van der Waals surface area contributed by atoms with Gasteiger partial charge in [0, 0.05) is 62.2 Å². The Hall–Kier alpha value is -3.47. The van der Waals surface area contributed by atoms with Gasteiger partial charge in [0.15, 0.2) is 0 Å².